The molecular weight excluding hydrogens is 395 g/mol. The van der Waals surface area contributed by atoms with Gasteiger partial charge in [-0.3, -0.25) is 4.79 Å². The predicted molar refractivity (Wildman–Crippen MR) is 114 cm³/mol. The molecule has 150 valence electrons. The third-order valence-corrected chi connectivity index (χ3v) is 6.49. The fraction of sp³-hybridized carbons (Fsp3) is 0.409. The van der Waals surface area contributed by atoms with Crippen LogP contribution in [0.15, 0.2) is 48.5 Å². The molecule has 6 heteroatoms. The van der Waals surface area contributed by atoms with Crippen LogP contribution >= 0.6 is 23.4 Å². The van der Waals surface area contributed by atoms with Gasteiger partial charge in [0.05, 0.1) is 6.54 Å². The van der Waals surface area contributed by atoms with Gasteiger partial charge in [0, 0.05) is 22.9 Å². The SMILES string of the molecule is CCCC[NH+](CC(=O)N1CCS[C@@H]1c1ccc(F)cc1)Cc1cccc(Cl)c1. The van der Waals surface area contributed by atoms with Crippen LogP contribution in [0, 0.1) is 5.82 Å². The zero-order valence-corrected chi connectivity index (χ0v) is 17.7. The van der Waals surface area contributed by atoms with Gasteiger partial charge >= 0.3 is 0 Å². The van der Waals surface area contributed by atoms with E-state index in [0.717, 1.165) is 54.4 Å². The summed E-state index contributed by atoms with van der Waals surface area (Å²) in [4.78, 5) is 16.3. The molecule has 0 bridgehead atoms. The molecule has 2 aromatic carbocycles. The van der Waals surface area contributed by atoms with Crippen molar-refractivity contribution in [2.24, 2.45) is 0 Å². The molecule has 1 heterocycles. The largest absolute Gasteiger partial charge is 0.323 e. The molecule has 0 aromatic heterocycles. The molecule has 2 atom stereocenters. The molecular formula is C22H27ClFN2OS+. The Morgan fingerprint density at radius 3 is 2.79 bits per heavy atom. The van der Waals surface area contributed by atoms with Crippen LogP contribution < -0.4 is 4.90 Å². The highest BCUT2D eigenvalue weighted by atomic mass is 35.5. The summed E-state index contributed by atoms with van der Waals surface area (Å²) >= 11 is 7.87. The Hall–Kier alpha value is -1.56. The van der Waals surface area contributed by atoms with Crippen molar-refractivity contribution in [2.75, 3.05) is 25.4 Å². The highest BCUT2D eigenvalue weighted by Gasteiger charge is 2.32. The van der Waals surface area contributed by atoms with Gasteiger partial charge < -0.3 is 9.80 Å². The van der Waals surface area contributed by atoms with Crippen LogP contribution in [0.25, 0.3) is 0 Å². The average molecular weight is 422 g/mol. The highest BCUT2D eigenvalue weighted by molar-refractivity contribution is 7.99. The number of hydrogen-bond donors (Lipinski definition) is 1. The van der Waals surface area contributed by atoms with Crippen molar-refractivity contribution in [3.05, 3.63) is 70.5 Å². The van der Waals surface area contributed by atoms with Crippen LogP contribution in [-0.4, -0.2) is 36.2 Å². The van der Waals surface area contributed by atoms with Gasteiger partial charge in [0.1, 0.15) is 17.7 Å². The molecule has 1 fully saturated rings. The van der Waals surface area contributed by atoms with Crippen molar-refractivity contribution in [3.8, 4) is 0 Å². The minimum absolute atomic E-state index is 0.0216. The number of carbonyl (C=O) groups is 1. The third-order valence-electron chi connectivity index (χ3n) is 4.99. The van der Waals surface area contributed by atoms with Crippen LogP contribution in [0.1, 0.15) is 36.3 Å². The number of thioether (sulfide) groups is 1. The minimum atomic E-state index is -0.249. The first-order chi connectivity index (χ1) is 13.6. The van der Waals surface area contributed by atoms with E-state index in [1.165, 1.54) is 17.0 Å². The fourth-order valence-electron chi connectivity index (χ4n) is 3.55. The normalized spacial score (nSPS) is 17.7. The first-order valence-electron chi connectivity index (χ1n) is 9.81. The summed E-state index contributed by atoms with van der Waals surface area (Å²) in [5, 5.41) is 0.706. The average Bonchev–Trinajstić information content (AvgIpc) is 3.16. The quantitative estimate of drug-likeness (QED) is 0.698. The number of benzene rings is 2. The number of halogens is 2. The number of hydrogen-bond acceptors (Lipinski definition) is 2. The minimum Gasteiger partial charge on any atom is -0.323 e. The number of quaternary nitrogens is 1. The van der Waals surface area contributed by atoms with Gasteiger partial charge in [-0.15, -0.1) is 11.8 Å². The molecule has 3 nitrogen and oxygen atoms in total. The van der Waals surface area contributed by atoms with Crippen LogP contribution in [0.2, 0.25) is 5.02 Å². The summed E-state index contributed by atoms with van der Waals surface area (Å²) in [6, 6.07) is 14.4. The topological polar surface area (TPSA) is 24.8 Å². The molecule has 1 aliphatic heterocycles. The van der Waals surface area contributed by atoms with Gasteiger partial charge in [-0.1, -0.05) is 49.2 Å². The molecule has 0 aliphatic carbocycles. The van der Waals surface area contributed by atoms with Gasteiger partial charge in [0.2, 0.25) is 0 Å². The third kappa shape index (κ3) is 5.72. The second-order valence-electron chi connectivity index (χ2n) is 7.20. The number of nitrogens with zero attached hydrogens (tertiary/aromatic N) is 1. The van der Waals surface area contributed by atoms with Crippen molar-refractivity contribution in [1.82, 2.24) is 4.90 Å². The van der Waals surface area contributed by atoms with E-state index < -0.39 is 0 Å². The maximum atomic E-state index is 13.3. The molecule has 3 rings (SSSR count). The summed E-state index contributed by atoms with van der Waals surface area (Å²) in [5.41, 5.74) is 2.14. The molecule has 1 saturated heterocycles. The van der Waals surface area contributed by atoms with Crippen molar-refractivity contribution in [3.63, 3.8) is 0 Å². The maximum Gasteiger partial charge on any atom is 0.278 e. The van der Waals surface area contributed by atoms with Crippen LogP contribution in [0.5, 0.6) is 0 Å². The number of rotatable bonds is 8. The lowest BCUT2D eigenvalue weighted by Gasteiger charge is -2.27. The van der Waals surface area contributed by atoms with Crippen molar-refractivity contribution in [2.45, 2.75) is 31.7 Å². The van der Waals surface area contributed by atoms with Crippen molar-refractivity contribution in [1.29, 1.82) is 0 Å². The summed E-state index contributed by atoms with van der Waals surface area (Å²) < 4.78 is 13.3. The Balaban J connectivity index is 1.68. The van der Waals surface area contributed by atoms with E-state index in [-0.39, 0.29) is 17.1 Å². The van der Waals surface area contributed by atoms with E-state index >= 15 is 0 Å². The van der Waals surface area contributed by atoms with E-state index in [1.807, 2.05) is 23.1 Å². The van der Waals surface area contributed by atoms with Crippen LogP contribution in [0.4, 0.5) is 4.39 Å². The molecule has 1 N–H and O–H groups in total. The predicted octanol–water partition coefficient (Wildman–Crippen LogP) is 3.94. The van der Waals surface area contributed by atoms with Crippen molar-refractivity contribution >= 4 is 29.3 Å². The smallest absolute Gasteiger partial charge is 0.278 e. The standard InChI is InChI=1S/C22H26ClFN2OS/c1-2-3-11-25(15-17-5-4-6-19(23)14-17)16-21(27)26-12-13-28-22(26)18-7-9-20(24)10-8-18/h4-10,14,22H,2-3,11-13,15-16H2,1H3/p+1/t22-/m1/s1. The first-order valence-corrected chi connectivity index (χ1v) is 11.2. The zero-order valence-electron chi connectivity index (χ0n) is 16.2. The lowest BCUT2D eigenvalue weighted by molar-refractivity contribution is -0.906. The van der Waals surface area contributed by atoms with Crippen molar-refractivity contribution < 1.29 is 14.1 Å². The monoisotopic (exact) mass is 421 g/mol. The summed E-state index contributed by atoms with van der Waals surface area (Å²) in [6.07, 6.45) is 2.18. The summed E-state index contributed by atoms with van der Waals surface area (Å²) in [6.45, 7) is 5.11. The second-order valence-corrected chi connectivity index (χ2v) is 8.82. The molecule has 0 saturated carbocycles. The number of nitrogens with one attached hydrogen (secondary N) is 1. The van der Waals surface area contributed by atoms with E-state index in [1.54, 1.807) is 23.9 Å². The maximum absolute atomic E-state index is 13.3. The Labute approximate surface area is 175 Å². The molecule has 1 aliphatic rings. The zero-order chi connectivity index (χ0) is 19.9. The van der Waals surface area contributed by atoms with E-state index in [0.29, 0.717) is 6.54 Å². The van der Waals surface area contributed by atoms with Gasteiger partial charge in [-0.25, -0.2) is 4.39 Å². The molecule has 2 aromatic rings. The Kier molecular flexibility index (Phi) is 7.77. The molecule has 28 heavy (non-hydrogen) atoms. The number of unbranched alkanes of at least 4 members (excludes halogenated alkanes) is 1. The molecule has 0 radical (unpaired) electrons. The summed E-state index contributed by atoms with van der Waals surface area (Å²) in [5.74, 6) is 0.820. The fourth-order valence-corrected chi connectivity index (χ4v) is 5.04. The van der Waals surface area contributed by atoms with Crippen LogP contribution in [-0.2, 0) is 11.3 Å². The number of carbonyl (C=O) groups excluding carboxylic acids is 1. The highest BCUT2D eigenvalue weighted by Crippen LogP contribution is 2.37. The van der Waals surface area contributed by atoms with Gasteiger partial charge in [-0.05, 0) is 36.2 Å². The van der Waals surface area contributed by atoms with E-state index in [2.05, 4.69) is 13.0 Å². The lowest BCUT2D eigenvalue weighted by Crippen LogP contribution is -3.12. The van der Waals surface area contributed by atoms with Crippen LogP contribution in [0.3, 0.4) is 0 Å². The van der Waals surface area contributed by atoms with E-state index in [9.17, 15) is 9.18 Å². The van der Waals surface area contributed by atoms with E-state index in [4.69, 9.17) is 11.6 Å². The lowest BCUT2D eigenvalue weighted by atomic mass is 10.2. The Morgan fingerprint density at radius 1 is 1.29 bits per heavy atom. The molecule has 1 amide bonds. The van der Waals surface area contributed by atoms with Gasteiger partial charge in [-0.2, -0.15) is 0 Å². The van der Waals surface area contributed by atoms with Gasteiger partial charge in [0.25, 0.3) is 5.91 Å². The first kappa shape index (κ1) is 21.2. The van der Waals surface area contributed by atoms with Gasteiger partial charge in [0.15, 0.2) is 6.54 Å². The number of amides is 1. The molecule has 0 spiro atoms. The molecule has 1 unspecified atom stereocenters. The Bertz CT molecular complexity index is 786. The summed E-state index contributed by atoms with van der Waals surface area (Å²) in [7, 11) is 0. The Morgan fingerprint density at radius 2 is 2.07 bits per heavy atom. The second kappa shape index (κ2) is 10.3.